The fraction of sp³-hybridized carbons (Fsp3) is 0.194. The van der Waals surface area contributed by atoms with Crippen molar-refractivity contribution in [2.45, 2.75) is 63.2 Å². The number of hydrogen-bond donors (Lipinski definition) is 0. The minimum Gasteiger partial charge on any atom is -0.237 e. The second kappa shape index (κ2) is 17.7. The Labute approximate surface area is 419 Å². The van der Waals surface area contributed by atoms with Gasteiger partial charge in [-0.2, -0.15) is 0 Å². The average Bonchev–Trinajstić information content (AvgIpc) is 4.20. The lowest BCUT2D eigenvalue weighted by molar-refractivity contribution is 0.369. The molecule has 0 spiro atoms. The number of nitrogens with zero attached hydrogens (tertiary/aromatic N) is 10. The van der Waals surface area contributed by atoms with Crippen molar-refractivity contribution in [1.82, 2.24) is 49.8 Å². The Hall–Kier alpha value is -8.50. The van der Waals surface area contributed by atoms with E-state index < -0.39 is 0 Å². The van der Waals surface area contributed by atoms with Crippen molar-refractivity contribution in [3.8, 4) is 91.1 Å². The number of rotatable bonds is 12. The number of aromatic nitrogens is 10. The van der Waals surface area contributed by atoms with Crippen molar-refractivity contribution in [2.75, 3.05) is 0 Å². The van der Waals surface area contributed by atoms with Gasteiger partial charge in [0.2, 0.25) is 0 Å². The normalized spacial score (nSPS) is 19.5. The lowest BCUT2D eigenvalue weighted by Gasteiger charge is -2.33. The molecule has 4 heterocycles. The van der Waals surface area contributed by atoms with E-state index >= 15 is 0 Å². The van der Waals surface area contributed by atoms with Crippen LogP contribution in [0.1, 0.15) is 61.8 Å². The molecule has 6 aromatic carbocycles. The summed E-state index contributed by atoms with van der Waals surface area (Å²) in [6, 6.07) is 54.8. The third-order valence-electron chi connectivity index (χ3n) is 15.7. The van der Waals surface area contributed by atoms with Crippen LogP contribution in [0.4, 0.5) is 0 Å². The second-order valence-electron chi connectivity index (χ2n) is 19.6. The number of aryl methyl sites for hydroxylation is 2. The van der Waals surface area contributed by atoms with Gasteiger partial charge < -0.3 is 0 Å². The van der Waals surface area contributed by atoms with E-state index in [2.05, 4.69) is 119 Å². The average molecular weight is 935 g/mol. The van der Waals surface area contributed by atoms with Crippen molar-refractivity contribution in [3.05, 3.63) is 205 Å². The van der Waals surface area contributed by atoms with Crippen molar-refractivity contribution in [2.24, 2.45) is 11.8 Å². The molecule has 4 bridgehead atoms. The first-order valence-electron chi connectivity index (χ1n) is 25.1. The molecule has 4 aliphatic rings. The number of benzene rings is 6. The van der Waals surface area contributed by atoms with Gasteiger partial charge in [-0.05, 0) is 109 Å². The monoisotopic (exact) mass is 934 g/mol. The Balaban J connectivity index is 0.942. The molecule has 4 saturated carbocycles. The lowest BCUT2D eigenvalue weighted by atomic mass is 9.71. The first-order chi connectivity index (χ1) is 35.5. The maximum atomic E-state index is 5.40. The third kappa shape index (κ3) is 7.48. The van der Waals surface area contributed by atoms with E-state index in [9.17, 15) is 0 Å². The summed E-state index contributed by atoms with van der Waals surface area (Å²) < 4.78 is 0. The van der Waals surface area contributed by atoms with Gasteiger partial charge in [0.25, 0.3) is 0 Å². The molecule has 348 valence electrons. The zero-order chi connectivity index (χ0) is 48.2. The minimum atomic E-state index is -0.0728. The van der Waals surface area contributed by atoms with Gasteiger partial charge >= 0.3 is 0 Å². The van der Waals surface area contributed by atoms with Gasteiger partial charge in [0, 0.05) is 80.1 Å². The summed E-state index contributed by atoms with van der Waals surface area (Å²) in [7, 11) is 0. The molecular weight excluding hydrogens is 885 g/mol. The highest BCUT2D eigenvalue weighted by molar-refractivity contribution is 5.75. The molecule has 10 heteroatoms. The quantitative estimate of drug-likeness (QED) is 0.117. The van der Waals surface area contributed by atoms with E-state index in [1.807, 2.05) is 72.8 Å². The van der Waals surface area contributed by atoms with Gasteiger partial charge in [-0.1, -0.05) is 135 Å². The van der Waals surface area contributed by atoms with Crippen LogP contribution in [0.15, 0.2) is 183 Å². The van der Waals surface area contributed by atoms with E-state index in [4.69, 9.17) is 29.9 Å². The first-order valence-corrected chi connectivity index (χ1v) is 25.1. The molecule has 4 fully saturated rings. The van der Waals surface area contributed by atoms with E-state index in [1.54, 1.807) is 24.8 Å². The zero-order valence-corrected chi connectivity index (χ0v) is 40.2. The third-order valence-corrected chi connectivity index (χ3v) is 15.7. The van der Waals surface area contributed by atoms with E-state index in [0.29, 0.717) is 58.4 Å². The van der Waals surface area contributed by atoms with Crippen LogP contribution in [0.2, 0.25) is 0 Å². The fourth-order valence-electron chi connectivity index (χ4n) is 12.4. The molecule has 72 heavy (non-hydrogen) atoms. The summed E-state index contributed by atoms with van der Waals surface area (Å²) in [5.74, 6) is 6.20. The predicted molar refractivity (Wildman–Crippen MR) is 282 cm³/mol. The van der Waals surface area contributed by atoms with Gasteiger partial charge in [-0.15, -0.1) is 0 Å². The van der Waals surface area contributed by atoms with Crippen LogP contribution in [0.25, 0.3) is 91.1 Å². The first kappa shape index (κ1) is 43.5. The minimum absolute atomic E-state index is 0.0728. The Morgan fingerprint density at radius 2 is 0.722 bits per heavy atom. The molecule has 0 aliphatic heterocycles. The van der Waals surface area contributed by atoms with Gasteiger partial charge in [-0.25, -0.2) is 49.8 Å². The molecule has 4 unspecified atom stereocenters. The lowest BCUT2D eigenvalue weighted by Crippen LogP contribution is -2.27. The van der Waals surface area contributed by atoms with E-state index in [0.717, 1.165) is 76.6 Å². The van der Waals surface area contributed by atoms with E-state index in [-0.39, 0.29) is 10.8 Å². The Morgan fingerprint density at radius 3 is 1.11 bits per heavy atom. The largest absolute Gasteiger partial charge is 0.237 e. The molecule has 0 saturated heterocycles. The Morgan fingerprint density at radius 1 is 0.361 bits per heavy atom. The second-order valence-corrected chi connectivity index (χ2v) is 19.6. The van der Waals surface area contributed by atoms with Gasteiger partial charge in [-0.3, -0.25) is 0 Å². The highest BCUT2D eigenvalue weighted by atomic mass is 15.0. The van der Waals surface area contributed by atoms with Crippen LogP contribution in [0, 0.1) is 11.8 Å². The van der Waals surface area contributed by atoms with Crippen LogP contribution >= 0.6 is 0 Å². The molecule has 0 amide bonds. The maximum Gasteiger partial charge on any atom is 0.164 e. The smallest absolute Gasteiger partial charge is 0.164 e. The molecule has 10 nitrogen and oxygen atoms in total. The molecule has 4 aromatic heterocycles. The molecule has 14 rings (SSSR count). The fourth-order valence-corrected chi connectivity index (χ4v) is 12.4. The number of hydrogen-bond acceptors (Lipinski definition) is 10. The van der Waals surface area contributed by atoms with Crippen LogP contribution < -0.4 is 0 Å². The predicted octanol–water partition coefficient (Wildman–Crippen LogP) is 13.1. The summed E-state index contributed by atoms with van der Waals surface area (Å²) in [6.07, 6.45) is 13.3. The van der Waals surface area contributed by atoms with Gasteiger partial charge in [0.05, 0.1) is 0 Å². The summed E-state index contributed by atoms with van der Waals surface area (Å²) in [6.45, 7) is 4.45. The standard InChI is InChI=1S/C62H50N10/c1-3-39-23-25-51(49(31-39)59-69-55(41-15-7-5-8-16-41)67-57(71-59)45-21-11-19-43(33-45)53-63-27-13-28-64-53)61-36-48-35-47(61)37-62(48,38-61)52-26-24-40(4-2)32-50(52)60-70-56(42-17-9-6-10-18-42)68-58(72-60)46-22-12-20-44(34-46)54-65-29-14-30-66-54/h5-34,47-48H,3-4,35-38H2,1-2H3. The van der Waals surface area contributed by atoms with Crippen LogP contribution in [0.5, 0.6) is 0 Å². The van der Waals surface area contributed by atoms with Crippen LogP contribution in [0.3, 0.4) is 0 Å². The molecule has 4 atom stereocenters. The summed E-state index contributed by atoms with van der Waals surface area (Å²) >= 11 is 0. The molecule has 0 radical (unpaired) electrons. The molecule has 10 aromatic rings. The van der Waals surface area contributed by atoms with E-state index in [1.165, 1.54) is 28.7 Å². The summed E-state index contributed by atoms with van der Waals surface area (Å²) in [4.78, 5) is 50.0. The topological polar surface area (TPSA) is 129 Å². The SMILES string of the molecule is CCc1ccc(C23CC4CC2CC4(c2ccc(CC)cc2-c2nc(-c4ccccc4)nc(-c4cccc(-c5ncccn5)c4)n2)C3)c(-c2nc(-c3ccccc3)nc(-c3cccc(-c4ncccn4)c3)n2)c1. The molecule has 4 aliphatic carbocycles. The maximum absolute atomic E-state index is 5.40. The van der Waals surface area contributed by atoms with Crippen molar-refractivity contribution < 1.29 is 0 Å². The van der Waals surface area contributed by atoms with Gasteiger partial charge in [0.15, 0.2) is 46.6 Å². The highest BCUT2D eigenvalue weighted by Gasteiger charge is 2.71. The van der Waals surface area contributed by atoms with Crippen molar-refractivity contribution in [1.29, 1.82) is 0 Å². The Kier molecular flexibility index (Phi) is 10.7. The van der Waals surface area contributed by atoms with Crippen LogP contribution in [-0.4, -0.2) is 49.8 Å². The van der Waals surface area contributed by atoms with Crippen LogP contribution in [-0.2, 0) is 23.7 Å². The summed E-state index contributed by atoms with van der Waals surface area (Å²) in [5.41, 5.74) is 12.7. The Bertz CT molecular complexity index is 3410. The molecular formula is C62H50N10. The van der Waals surface area contributed by atoms with Crippen molar-refractivity contribution in [3.63, 3.8) is 0 Å². The highest BCUT2D eigenvalue weighted by Crippen LogP contribution is 2.77. The molecule has 0 N–H and O–H groups in total. The zero-order valence-electron chi connectivity index (χ0n) is 40.2. The van der Waals surface area contributed by atoms with Crippen molar-refractivity contribution >= 4 is 0 Å². The summed E-state index contributed by atoms with van der Waals surface area (Å²) in [5, 5.41) is 0. The van der Waals surface area contributed by atoms with Gasteiger partial charge in [0.1, 0.15) is 0 Å².